The van der Waals surface area contributed by atoms with E-state index in [1.54, 1.807) is 0 Å². The van der Waals surface area contributed by atoms with Gasteiger partial charge in [-0.05, 0) is 36.3 Å². The number of ether oxygens (including phenoxy) is 1. The molecule has 0 N–H and O–H groups in total. The van der Waals surface area contributed by atoms with Crippen molar-refractivity contribution in [2.45, 2.75) is 46.5 Å². The number of piperidine rings is 1. The number of fused-ring (bicyclic) bond motifs is 1. The molecule has 2 aromatic rings. The van der Waals surface area contributed by atoms with Crippen molar-refractivity contribution in [3.05, 3.63) is 30.0 Å². The number of esters is 1. The molecule has 1 aliphatic rings. The summed E-state index contributed by atoms with van der Waals surface area (Å²) < 4.78 is 5.45. The molecule has 2 heterocycles. The van der Waals surface area contributed by atoms with Gasteiger partial charge in [0.2, 0.25) is 0 Å². The number of nitrogens with zero attached hydrogens (tertiary/aromatic N) is 4. The Morgan fingerprint density at radius 3 is 2.45 bits per heavy atom. The first-order chi connectivity index (χ1) is 13.9. The summed E-state index contributed by atoms with van der Waals surface area (Å²) in [5, 5.41) is 9.83. The highest BCUT2D eigenvalue weighted by Gasteiger charge is 2.32. The van der Waals surface area contributed by atoms with E-state index in [9.17, 15) is 10.1 Å². The van der Waals surface area contributed by atoms with Gasteiger partial charge in [-0.15, -0.1) is 0 Å². The van der Waals surface area contributed by atoms with Crippen molar-refractivity contribution in [2.75, 3.05) is 24.6 Å². The number of carbonyl (C=O) groups excluding carboxylic acids is 1. The molecule has 1 aromatic heterocycles. The second-order valence-corrected chi connectivity index (χ2v) is 8.48. The average molecular weight is 395 g/mol. The highest BCUT2D eigenvalue weighted by atomic mass is 16.5. The van der Waals surface area contributed by atoms with Gasteiger partial charge in [0.1, 0.15) is 5.69 Å². The topological polar surface area (TPSA) is 79.1 Å². The lowest BCUT2D eigenvalue weighted by Crippen LogP contribution is -2.40. The van der Waals surface area contributed by atoms with E-state index >= 15 is 0 Å². The molecule has 0 radical (unpaired) electrons. The van der Waals surface area contributed by atoms with Gasteiger partial charge in [0.05, 0.1) is 23.7 Å². The smallest absolute Gasteiger partial charge is 0.329 e. The van der Waals surface area contributed by atoms with Crippen LogP contribution in [0.5, 0.6) is 0 Å². The third-order valence-electron chi connectivity index (χ3n) is 5.59. The fourth-order valence-electron chi connectivity index (χ4n) is 3.92. The Morgan fingerprint density at radius 1 is 1.24 bits per heavy atom. The number of nitriles is 1. The number of hydrogen-bond acceptors (Lipinski definition) is 6. The van der Waals surface area contributed by atoms with Crippen molar-refractivity contribution < 1.29 is 9.53 Å². The molecule has 0 aliphatic carbocycles. The van der Waals surface area contributed by atoms with E-state index in [1.807, 2.05) is 38.1 Å². The van der Waals surface area contributed by atoms with Crippen LogP contribution in [-0.2, 0) is 9.53 Å². The van der Waals surface area contributed by atoms with Crippen LogP contribution in [0.1, 0.15) is 52.1 Å². The molecule has 0 saturated carbocycles. The van der Waals surface area contributed by atoms with Gasteiger partial charge in [-0.25, -0.2) is 9.97 Å². The fraction of sp³-hybridized carbons (Fsp3) is 0.565. The molecule has 0 bridgehead atoms. The summed E-state index contributed by atoms with van der Waals surface area (Å²) in [5.41, 5.74) is 1.85. The minimum absolute atomic E-state index is 0.254. The normalized spacial score (nSPS) is 21.4. The van der Waals surface area contributed by atoms with Crippen LogP contribution in [0.4, 0.5) is 5.82 Å². The third-order valence-corrected chi connectivity index (χ3v) is 5.59. The van der Waals surface area contributed by atoms with Crippen molar-refractivity contribution in [1.82, 2.24) is 9.97 Å². The van der Waals surface area contributed by atoms with Gasteiger partial charge in [-0.3, -0.25) is 4.79 Å². The molecule has 1 saturated heterocycles. The van der Waals surface area contributed by atoms with Crippen molar-refractivity contribution in [1.29, 1.82) is 5.26 Å². The van der Waals surface area contributed by atoms with E-state index < -0.39 is 11.9 Å². The van der Waals surface area contributed by atoms with Crippen LogP contribution in [0.15, 0.2) is 24.3 Å². The van der Waals surface area contributed by atoms with E-state index in [0.717, 1.165) is 31.4 Å². The van der Waals surface area contributed by atoms with E-state index in [2.05, 4.69) is 24.8 Å². The van der Waals surface area contributed by atoms with E-state index in [4.69, 9.17) is 14.7 Å². The molecule has 3 rings (SSSR count). The molecule has 4 atom stereocenters. The maximum absolute atomic E-state index is 12.8. The number of hydrogen-bond donors (Lipinski definition) is 0. The van der Waals surface area contributed by atoms with Crippen LogP contribution < -0.4 is 4.90 Å². The molecular weight excluding hydrogens is 364 g/mol. The predicted molar refractivity (Wildman–Crippen MR) is 113 cm³/mol. The van der Waals surface area contributed by atoms with Crippen LogP contribution in [-0.4, -0.2) is 35.6 Å². The third kappa shape index (κ3) is 4.84. The second kappa shape index (κ2) is 9.21. The highest BCUT2D eigenvalue weighted by Crippen LogP contribution is 2.32. The molecule has 29 heavy (non-hydrogen) atoms. The number of carbonyl (C=O) groups is 1. The first kappa shape index (κ1) is 21.0. The zero-order chi connectivity index (χ0) is 21.0. The lowest BCUT2D eigenvalue weighted by Gasteiger charge is -2.36. The molecule has 154 valence electrons. The first-order valence-corrected chi connectivity index (χ1v) is 10.5. The molecule has 0 unspecified atom stereocenters. The maximum Gasteiger partial charge on any atom is 0.329 e. The highest BCUT2D eigenvalue weighted by molar-refractivity contribution is 5.85. The van der Waals surface area contributed by atoms with Crippen LogP contribution in [0.25, 0.3) is 11.0 Å². The molecular formula is C23H30N4O2. The Morgan fingerprint density at radius 2 is 1.86 bits per heavy atom. The summed E-state index contributed by atoms with van der Waals surface area (Å²) in [5.74, 6) is 0.282. The Kier molecular flexibility index (Phi) is 6.68. The lowest BCUT2D eigenvalue weighted by atomic mass is 9.91. The minimum Gasteiger partial charge on any atom is -0.464 e. The summed E-state index contributed by atoms with van der Waals surface area (Å²) >= 11 is 0. The van der Waals surface area contributed by atoms with Crippen LogP contribution in [0.3, 0.4) is 0 Å². The van der Waals surface area contributed by atoms with Crippen molar-refractivity contribution in [3.8, 4) is 6.07 Å². The van der Waals surface area contributed by atoms with Crippen molar-refractivity contribution >= 4 is 22.8 Å². The van der Waals surface area contributed by atoms with Gasteiger partial charge in [0.15, 0.2) is 11.7 Å². The Bertz CT molecular complexity index is 897. The first-order valence-electron chi connectivity index (χ1n) is 10.5. The van der Waals surface area contributed by atoms with Crippen molar-refractivity contribution in [2.24, 2.45) is 17.8 Å². The number of rotatable bonds is 6. The molecule has 6 nitrogen and oxygen atoms in total. The number of anilines is 1. The minimum atomic E-state index is -1.08. The van der Waals surface area contributed by atoms with E-state index in [1.165, 1.54) is 0 Å². The standard InChI is InChI=1S/C23H30N4O2/c1-5-15(2)14-29-23(28)18(11-24)21-22(27-12-16(3)10-17(4)13-27)26-20-9-7-6-8-19(20)25-21/h6-9,15-18H,5,10,12-14H2,1-4H3/t15-,16-,17+,18-/m0/s1. The molecule has 0 amide bonds. The predicted octanol–water partition coefficient (Wildman–Crippen LogP) is 4.31. The fourth-order valence-corrected chi connectivity index (χ4v) is 3.92. The number of benzene rings is 1. The molecule has 1 fully saturated rings. The Labute approximate surface area is 172 Å². The Hall–Kier alpha value is -2.68. The summed E-state index contributed by atoms with van der Waals surface area (Å²) in [7, 11) is 0. The quantitative estimate of drug-likeness (QED) is 0.679. The molecule has 1 aromatic carbocycles. The van der Waals surface area contributed by atoms with Gasteiger partial charge in [0.25, 0.3) is 0 Å². The zero-order valence-electron chi connectivity index (χ0n) is 17.8. The van der Waals surface area contributed by atoms with Gasteiger partial charge in [-0.1, -0.05) is 46.2 Å². The Balaban J connectivity index is 2.02. The van der Waals surface area contributed by atoms with Gasteiger partial charge in [0, 0.05) is 13.1 Å². The summed E-state index contributed by atoms with van der Waals surface area (Å²) in [6.07, 6.45) is 2.07. The SMILES string of the molecule is CC[C@H](C)COC(=O)[C@@H](C#N)c1nc2ccccc2nc1N1C[C@H](C)C[C@H](C)C1. The van der Waals surface area contributed by atoms with E-state index in [0.29, 0.717) is 35.5 Å². The lowest BCUT2D eigenvalue weighted by molar-refractivity contribution is -0.145. The van der Waals surface area contributed by atoms with Crippen LogP contribution >= 0.6 is 0 Å². The van der Waals surface area contributed by atoms with Crippen molar-refractivity contribution in [3.63, 3.8) is 0 Å². The van der Waals surface area contributed by atoms with Gasteiger partial charge < -0.3 is 9.64 Å². The van der Waals surface area contributed by atoms with Gasteiger partial charge in [-0.2, -0.15) is 5.26 Å². The van der Waals surface area contributed by atoms with Gasteiger partial charge >= 0.3 is 5.97 Å². The largest absolute Gasteiger partial charge is 0.464 e. The zero-order valence-corrected chi connectivity index (χ0v) is 17.8. The number of aromatic nitrogens is 2. The number of para-hydroxylation sites is 2. The summed E-state index contributed by atoms with van der Waals surface area (Å²) in [4.78, 5) is 24.5. The second-order valence-electron chi connectivity index (χ2n) is 8.48. The van der Waals surface area contributed by atoms with Crippen LogP contribution in [0.2, 0.25) is 0 Å². The monoisotopic (exact) mass is 394 g/mol. The van der Waals surface area contributed by atoms with E-state index in [-0.39, 0.29) is 5.92 Å². The molecule has 1 aliphatic heterocycles. The summed E-state index contributed by atoms with van der Waals surface area (Å²) in [6, 6.07) is 9.70. The maximum atomic E-state index is 12.8. The average Bonchev–Trinajstić information content (AvgIpc) is 2.71. The molecule has 0 spiro atoms. The van der Waals surface area contributed by atoms with Crippen LogP contribution in [0, 0.1) is 29.1 Å². The summed E-state index contributed by atoms with van der Waals surface area (Å²) in [6.45, 7) is 10.5. The molecule has 6 heteroatoms.